The number of amides is 1. The summed E-state index contributed by atoms with van der Waals surface area (Å²) in [6, 6.07) is 7.06. The number of carbonyl (C=O) groups excluding carboxylic acids is 1. The molecule has 8 heteroatoms. The van der Waals surface area contributed by atoms with Crippen LogP contribution in [-0.4, -0.2) is 40.0 Å². The van der Waals surface area contributed by atoms with Gasteiger partial charge in [-0.05, 0) is 93.6 Å². The highest BCUT2D eigenvalue weighted by atomic mass is 19.1. The van der Waals surface area contributed by atoms with Gasteiger partial charge in [0.25, 0.3) is 0 Å². The zero-order valence-corrected chi connectivity index (χ0v) is 22.1. The van der Waals surface area contributed by atoms with E-state index in [4.69, 9.17) is 16.2 Å². The van der Waals surface area contributed by atoms with Crippen molar-refractivity contribution in [3.8, 4) is 0 Å². The van der Waals surface area contributed by atoms with Gasteiger partial charge >= 0.3 is 6.09 Å². The Kier molecular flexibility index (Phi) is 7.77. The molecule has 36 heavy (non-hydrogen) atoms. The largest absolute Gasteiger partial charge is 0.444 e. The molecule has 4 N–H and O–H groups in total. The van der Waals surface area contributed by atoms with Gasteiger partial charge in [0.1, 0.15) is 11.4 Å². The maximum Gasteiger partial charge on any atom is 0.410 e. The van der Waals surface area contributed by atoms with E-state index in [0.717, 1.165) is 27.6 Å². The van der Waals surface area contributed by atoms with Crippen LogP contribution in [0.4, 0.5) is 14.9 Å². The van der Waals surface area contributed by atoms with Gasteiger partial charge in [-0.15, -0.1) is 0 Å². The van der Waals surface area contributed by atoms with E-state index in [2.05, 4.69) is 5.10 Å². The second-order valence-corrected chi connectivity index (χ2v) is 10.1. The third kappa shape index (κ3) is 6.24. The summed E-state index contributed by atoms with van der Waals surface area (Å²) < 4.78 is 22.4. The fourth-order valence-electron chi connectivity index (χ4n) is 3.99. The number of carbonyl (C=O) groups is 1. The first kappa shape index (κ1) is 26.8. The summed E-state index contributed by atoms with van der Waals surface area (Å²) in [6.45, 7) is 9.73. The second-order valence-electron chi connectivity index (χ2n) is 10.1. The van der Waals surface area contributed by atoms with E-state index < -0.39 is 17.5 Å². The van der Waals surface area contributed by atoms with E-state index in [-0.39, 0.29) is 11.3 Å². The molecule has 0 aliphatic rings. The Morgan fingerprint density at radius 1 is 1.22 bits per heavy atom. The Balaban J connectivity index is 1.82. The number of fused-ring (bicyclic) bond motifs is 1. The van der Waals surface area contributed by atoms with Crippen molar-refractivity contribution in [3.05, 3.63) is 64.6 Å². The zero-order valence-electron chi connectivity index (χ0n) is 22.1. The third-order valence-electron chi connectivity index (χ3n) is 5.85. The Labute approximate surface area is 212 Å². The van der Waals surface area contributed by atoms with Crippen molar-refractivity contribution in [1.29, 1.82) is 0 Å². The van der Waals surface area contributed by atoms with Crippen LogP contribution in [0.2, 0.25) is 0 Å². The van der Waals surface area contributed by atoms with Gasteiger partial charge in [-0.3, -0.25) is 4.68 Å². The first-order chi connectivity index (χ1) is 16.8. The monoisotopic (exact) mass is 493 g/mol. The number of anilines is 1. The van der Waals surface area contributed by atoms with Crippen molar-refractivity contribution in [2.45, 2.75) is 46.6 Å². The second kappa shape index (κ2) is 10.4. The molecule has 0 unspecified atom stereocenters. The van der Waals surface area contributed by atoms with E-state index >= 15 is 4.39 Å². The number of nitrogens with two attached hydrogens (primary N) is 2. The Bertz CT molecular complexity index is 1320. The molecule has 0 aliphatic heterocycles. The average Bonchev–Trinajstić information content (AvgIpc) is 3.16. The lowest BCUT2D eigenvalue weighted by Crippen LogP contribution is -2.34. The van der Waals surface area contributed by atoms with Crippen LogP contribution in [-0.2, 0) is 11.8 Å². The molecule has 1 aromatic heterocycles. The van der Waals surface area contributed by atoms with E-state index in [1.165, 1.54) is 11.0 Å². The summed E-state index contributed by atoms with van der Waals surface area (Å²) in [5.74, 6) is -0.466. The number of hydrogen-bond acceptors (Lipinski definition) is 5. The number of hydrogen-bond donors (Lipinski definition) is 2. The molecular weight excluding hydrogens is 457 g/mol. The molecule has 0 bridgehead atoms. The quantitative estimate of drug-likeness (QED) is 0.338. The number of nitrogen functional groups attached to an aromatic ring is 1. The number of halogens is 1. The fraction of sp³-hybridized carbons (Fsp3) is 0.357. The molecule has 0 saturated carbocycles. The summed E-state index contributed by atoms with van der Waals surface area (Å²) in [7, 11) is 3.54. The third-order valence-corrected chi connectivity index (χ3v) is 5.85. The molecule has 3 rings (SSSR count). The lowest BCUT2D eigenvalue weighted by atomic mass is 9.97. The highest BCUT2D eigenvalue weighted by molar-refractivity contribution is 5.90. The number of aryl methyl sites for hydroxylation is 2. The predicted octanol–water partition coefficient (Wildman–Crippen LogP) is 5.72. The van der Waals surface area contributed by atoms with Crippen LogP contribution in [0.15, 0.2) is 36.5 Å². The number of allylic oxidation sites excluding steroid dienone is 1. The zero-order chi connectivity index (χ0) is 26.8. The number of ether oxygens (including phenoxy) is 1. The van der Waals surface area contributed by atoms with E-state index in [1.54, 1.807) is 23.9 Å². The first-order valence-corrected chi connectivity index (χ1v) is 11.9. The lowest BCUT2D eigenvalue weighted by molar-refractivity contribution is 0.0302. The van der Waals surface area contributed by atoms with Crippen molar-refractivity contribution in [2.75, 3.05) is 19.3 Å². The van der Waals surface area contributed by atoms with Crippen LogP contribution in [0, 0.1) is 12.7 Å². The van der Waals surface area contributed by atoms with Crippen LogP contribution in [0.5, 0.6) is 0 Å². The number of nitrogens with zero attached hydrogens (tertiary/aromatic N) is 3. The van der Waals surface area contributed by atoms with Crippen molar-refractivity contribution < 1.29 is 13.9 Å². The van der Waals surface area contributed by atoms with Crippen LogP contribution >= 0.6 is 0 Å². The molecule has 192 valence electrons. The highest BCUT2D eigenvalue weighted by Gasteiger charge is 2.20. The minimum Gasteiger partial charge on any atom is -0.444 e. The molecule has 0 fully saturated rings. The summed E-state index contributed by atoms with van der Waals surface area (Å²) in [4.78, 5) is 13.8. The van der Waals surface area contributed by atoms with Gasteiger partial charge < -0.3 is 21.1 Å². The molecule has 0 atom stereocenters. The molecule has 0 saturated heterocycles. The van der Waals surface area contributed by atoms with Gasteiger partial charge in [0.05, 0.1) is 5.52 Å². The number of aromatic nitrogens is 2. The van der Waals surface area contributed by atoms with Crippen LogP contribution in [0.1, 0.15) is 56.4 Å². The maximum atomic E-state index is 15.2. The predicted molar refractivity (Wildman–Crippen MR) is 145 cm³/mol. The minimum atomic E-state index is -0.569. The Morgan fingerprint density at radius 3 is 2.53 bits per heavy atom. The molecule has 2 aromatic carbocycles. The summed E-state index contributed by atoms with van der Waals surface area (Å²) in [5.41, 5.74) is 17.2. The summed E-state index contributed by atoms with van der Waals surface area (Å²) in [6.07, 6.45) is 5.50. The fourth-order valence-corrected chi connectivity index (χ4v) is 3.99. The maximum absolute atomic E-state index is 15.2. The van der Waals surface area contributed by atoms with Gasteiger partial charge in [-0.2, -0.15) is 5.10 Å². The van der Waals surface area contributed by atoms with E-state index in [1.807, 2.05) is 66.1 Å². The first-order valence-electron chi connectivity index (χ1n) is 11.9. The Morgan fingerprint density at radius 2 is 1.92 bits per heavy atom. The van der Waals surface area contributed by atoms with Crippen LogP contribution in [0.25, 0.3) is 28.2 Å². The smallest absolute Gasteiger partial charge is 0.410 e. The molecule has 0 spiro atoms. The number of rotatable bonds is 6. The summed E-state index contributed by atoms with van der Waals surface area (Å²) >= 11 is 0. The van der Waals surface area contributed by atoms with Crippen molar-refractivity contribution in [1.82, 2.24) is 14.7 Å². The molecule has 0 radical (unpaired) electrons. The average molecular weight is 494 g/mol. The molecule has 7 nitrogen and oxygen atoms in total. The SMILES string of the molecule is C/C=C(\CCN(C)C(=O)OC(C)(C)C)c1cc(N)c(/C=C(\N)c2cc(C)c3nn(C)cc3c2)c(F)c1. The molecule has 3 aromatic rings. The normalized spacial score (nSPS) is 12.8. The summed E-state index contributed by atoms with van der Waals surface area (Å²) in [5, 5.41) is 5.41. The minimum absolute atomic E-state index is 0.238. The van der Waals surface area contributed by atoms with Crippen molar-refractivity contribution >= 4 is 40.0 Å². The molecule has 1 amide bonds. The van der Waals surface area contributed by atoms with Gasteiger partial charge in [0.15, 0.2) is 0 Å². The van der Waals surface area contributed by atoms with Crippen molar-refractivity contribution in [2.24, 2.45) is 12.8 Å². The van der Waals surface area contributed by atoms with Gasteiger partial charge in [-0.25, -0.2) is 9.18 Å². The molecule has 1 heterocycles. The van der Waals surface area contributed by atoms with Crippen LogP contribution < -0.4 is 11.5 Å². The van der Waals surface area contributed by atoms with Crippen molar-refractivity contribution in [3.63, 3.8) is 0 Å². The Hall–Kier alpha value is -3.81. The van der Waals surface area contributed by atoms with Gasteiger partial charge in [0, 0.05) is 49.2 Å². The van der Waals surface area contributed by atoms with E-state index in [0.29, 0.717) is 24.2 Å². The van der Waals surface area contributed by atoms with E-state index in [9.17, 15) is 4.79 Å². The highest BCUT2D eigenvalue weighted by Crippen LogP contribution is 2.29. The van der Waals surface area contributed by atoms with Gasteiger partial charge in [-0.1, -0.05) is 6.08 Å². The van der Waals surface area contributed by atoms with Crippen LogP contribution in [0.3, 0.4) is 0 Å². The topological polar surface area (TPSA) is 99.4 Å². The number of benzene rings is 2. The van der Waals surface area contributed by atoms with Gasteiger partial charge in [0.2, 0.25) is 0 Å². The lowest BCUT2D eigenvalue weighted by Gasteiger charge is -2.25. The molecular formula is C28H36FN5O2. The molecule has 0 aliphatic carbocycles. The standard InChI is InChI=1S/C28H36FN5O2/c1-8-18(9-10-33(6)27(35)36-28(3,4)5)19-13-23(29)22(25(31)14-19)15-24(30)20-11-17(2)26-21(12-20)16-34(7)32-26/h8,11-16H,9-10,30-31H2,1-7H3/b18-8+,24-15-.